The maximum absolute atomic E-state index is 12.4. The van der Waals surface area contributed by atoms with Crippen LogP contribution >= 0.6 is 0 Å². The standard InChI is InChI=1S/C14H22N4O/c1-4-9-15-12-7-6-11(16-17-12)13(19)18-10-5-8-14(18,2)3/h6-7H,4-5,8-10H2,1-3H3,(H,15,17). The monoisotopic (exact) mass is 262 g/mol. The number of anilines is 1. The predicted molar refractivity (Wildman–Crippen MR) is 75.2 cm³/mol. The van der Waals surface area contributed by atoms with Crippen molar-refractivity contribution in [3.63, 3.8) is 0 Å². The third-order valence-electron chi connectivity index (χ3n) is 3.59. The number of hydrogen-bond acceptors (Lipinski definition) is 4. The van der Waals surface area contributed by atoms with Crippen molar-refractivity contribution in [3.05, 3.63) is 17.8 Å². The molecule has 1 fully saturated rings. The molecule has 1 aromatic heterocycles. The van der Waals surface area contributed by atoms with Crippen molar-refractivity contribution in [1.82, 2.24) is 15.1 Å². The number of nitrogens with one attached hydrogen (secondary N) is 1. The maximum atomic E-state index is 12.4. The summed E-state index contributed by atoms with van der Waals surface area (Å²) in [4.78, 5) is 14.3. The Morgan fingerprint density at radius 2 is 2.21 bits per heavy atom. The lowest BCUT2D eigenvalue weighted by Gasteiger charge is -2.31. The van der Waals surface area contributed by atoms with E-state index in [1.54, 1.807) is 6.07 Å². The van der Waals surface area contributed by atoms with Gasteiger partial charge in [0.25, 0.3) is 5.91 Å². The van der Waals surface area contributed by atoms with Crippen molar-refractivity contribution in [3.8, 4) is 0 Å². The molecular formula is C14H22N4O. The Labute approximate surface area is 114 Å². The third kappa shape index (κ3) is 3.03. The molecule has 1 saturated heterocycles. The summed E-state index contributed by atoms with van der Waals surface area (Å²) in [5, 5.41) is 11.2. The first-order valence-corrected chi connectivity index (χ1v) is 6.94. The van der Waals surface area contributed by atoms with Gasteiger partial charge in [-0.15, -0.1) is 10.2 Å². The van der Waals surface area contributed by atoms with Crippen molar-refractivity contribution in [2.45, 2.75) is 45.6 Å². The second kappa shape index (κ2) is 5.55. The molecule has 0 radical (unpaired) electrons. The quantitative estimate of drug-likeness (QED) is 0.904. The van der Waals surface area contributed by atoms with E-state index >= 15 is 0 Å². The zero-order valence-corrected chi connectivity index (χ0v) is 11.9. The molecule has 5 nitrogen and oxygen atoms in total. The van der Waals surface area contributed by atoms with Gasteiger partial charge in [-0.05, 0) is 45.2 Å². The molecule has 0 spiro atoms. The number of amides is 1. The smallest absolute Gasteiger partial charge is 0.274 e. The molecule has 1 amide bonds. The van der Waals surface area contributed by atoms with Crippen molar-refractivity contribution in [2.24, 2.45) is 0 Å². The first-order valence-electron chi connectivity index (χ1n) is 6.94. The van der Waals surface area contributed by atoms with Crippen LogP contribution in [0, 0.1) is 0 Å². The lowest BCUT2D eigenvalue weighted by molar-refractivity contribution is 0.0644. The number of carbonyl (C=O) groups is 1. The fraction of sp³-hybridized carbons (Fsp3) is 0.643. The molecular weight excluding hydrogens is 240 g/mol. The minimum absolute atomic E-state index is 0.0166. The fourth-order valence-corrected chi connectivity index (χ4v) is 2.42. The van der Waals surface area contributed by atoms with Crippen LogP contribution in [0.5, 0.6) is 0 Å². The summed E-state index contributed by atoms with van der Waals surface area (Å²) >= 11 is 0. The van der Waals surface area contributed by atoms with E-state index in [9.17, 15) is 4.79 Å². The number of hydrogen-bond donors (Lipinski definition) is 1. The largest absolute Gasteiger partial charge is 0.369 e. The van der Waals surface area contributed by atoms with Crippen LogP contribution in [0.15, 0.2) is 12.1 Å². The molecule has 5 heteroatoms. The fourth-order valence-electron chi connectivity index (χ4n) is 2.42. The molecule has 0 aliphatic carbocycles. The van der Waals surface area contributed by atoms with Gasteiger partial charge in [0.05, 0.1) is 0 Å². The SMILES string of the molecule is CCCNc1ccc(C(=O)N2CCCC2(C)C)nn1. The summed E-state index contributed by atoms with van der Waals surface area (Å²) in [5.41, 5.74) is 0.356. The Balaban J connectivity index is 2.07. The van der Waals surface area contributed by atoms with E-state index in [0.29, 0.717) is 5.69 Å². The molecule has 19 heavy (non-hydrogen) atoms. The van der Waals surface area contributed by atoms with Crippen LogP contribution in [0.1, 0.15) is 50.5 Å². The van der Waals surface area contributed by atoms with E-state index in [4.69, 9.17) is 0 Å². The molecule has 1 aliphatic rings. The minimum atomic E-state index is -0.0715. The van der Waals surface area contributed by atoms with Gasteiger partial charge >= 0.3 is 0 Å². The summed E-state index contributed by atoms with van der Waals surface area (Å²) in [5.74, 6) is 0.705. The molecule has 0 unspecified atom stereocenters. The van der Waals surface area contributed by atoms with E-state index < -0.39 is 0 Å². The Kier molecular flexibility index (Phi) is 4.02. The van der Waals surface area contributed by atoms with Crippen molar-refractivity contribution >= 4 is 11.7 Å². The van der Waals surface area contributed by atoms with Gasteiger partial charge in [0.15, 0.2) is 5.69 Å². The van der Waals surface area contributed by atoms with Gasteiger partial charge in [0.2, 0.25) is 0 Å². The van der Waals surface area contributed by atoms with E-state index in [1.807, 2.05) is 11.0 Å². The number of nitrogens with zero attached hydrogens (tertiary/aromatic N) is 3. The highest BCUT2D eigenvalue weighted by molar-refractivity contribution is 5.93. The maximum Gasteiger partial charge on any atom is 0.274 e. The minimum Gasteiger partial charge on any atom is -0.369 e. The first kappa shape index (κ1) is 13.8. The first-order chi connectivity index (χ1) is 9.04. The number of likely N-dealkylation sites (tertiary alicyclic amines) is 1. The molecule has 104 valence electrons. The Morgan fingerprint density at radius 3 is 2.74 bits per heavy atom. The molecule has 0 atom stereocenters. The summed E-state index contributed by atoms with van der Waals surface area (Å²) in [6.45, 7) is 7.96. The molecule has 1 aromatic rings. The summed E-state index contributed by atoms with van der Waals surface area (Å²) in [6.07, 6.45) is 3.13. The van der Waals surface area contributed by atoms with Crippen LogP contribution in [-0.2, 0) is 0 Å². The lowest BCUT2D eigenvalue weighted by Crippen LogP contribution is -2.43. The zero-order valence-electron chi connectivity index (χ0n) is 11.9. The van der Waals surface area contributed by atoms with E-state index in [-0.39, 0.29) is 11.4 Å². The van der Waals surface area contributed by atoms with Gasteiger partial charge in [0.1, 0.15) is 5.82 Å². The van der Waals surface area contributed by atoms with Gasteiger partial charge in [-0.25, -0.2) is 0 Å². The normalized spacial score (nSPS) is 17.5. The second-order valence-electron chi connectivity index (χ2n) is 5.60. The molecule has 0 bridgehead atoms. The van der Waals surface area contributed by atoms with Crippen LogP contribution < -0.4 is 5.32 Å². The van der Waals surface area contributed by atoms with Gasteiger partial charge in [0, 0.05) is 18.6 Å². The number of carbonyl (C=O) groups excluding carboxylic acids is 1. The zero-order chi connectivity index (χ0) is 13.9. The molecule has 2 heterocycles. The van der Waals surface area contributed by atoms with Crippen molar-refractivity contribution in [2.75, 3.05) is 18.4 Å². The van der Waals surface area contributed by atoms with E-state index in [0.717, 1.165) is 38.2 Å². The summed E-state index contributed by atoms with van der Waals surface area (Å²) in [6, 6.07) is 3.57. The number of rotatable bonds is 4. The molecule has 1 N–H and O–H groups in total. The van der Waals surface area contributed by atoms with Gasteiger partial charge in [-0.3, -0.25) is 4.79 Å². The topological polar surface area (TPSA) is 58.1 Å². The Hall–Kier alpha value is -1.65. The van der Waals surface area contributed by atoms with Gasteiger partial charge in [-0.1, -0.05) is 6.92 Å². The van der Waals surface area contributed by atoms with Crippen LogP contribution in [0.3, 0.4) is 0 Å². The Bertz CT molecular complexity index is 441. The van der Waals surface area contributed by atoms with Crippen LogP contribution in [-0.4, -0.2) is 39.6 Å². The van der Waals surface area contributed by atoms with Crippen molar-refractivity contribution < 1.29 is 4.79 Å². The Morgan fingerprint density at radius 1 is 1.42 bits per heavy atom. The van der Waals surface area contributed by atoms with E-state index in [2.05, 4.69) is 36.3 Å². The number of aromatic nitrogens is 2. The predicted octanol–water partition coefficient (Wildman–Crippen LogP) is 2.31. The summed E-state index contributed by atoms with van der Waals surface area (Å²) in [7, 11) is 0. The molecule has 2 rings (SSSR count). The van der Waals surface area contributed by atoms with Crippen molar-refractivity contribution in [1.29, 1.82) is 0 Å². The van der Waals surface area contributed by atoms with Crippen LogP contribution in [0.4, 0.5) is 5.82 Å². The molecule has 0 aromatic carbocycles. The lowest BCUT2D eigenvalue weighted by atomic mass is 10.0. The highest BCUT2D eigenvalue weighted by atomic mass is 16.2. The highest BCUT2D eigenvalue weighted by Gasteiger charge is 2.36. The van der Waals surface area contributed by atoms with Crippen LogP contribution in [0.25, 0.3) is 0 Å². The second-order valence-corrected chi connectivity index (χ2v) is 5.60. The van der Waals surface area contributed by atoms with Gasteiger partial charge in [-0.2, -0.15) is 0 Å². The van der Waals surface area contributed by atoms with Gasteiger partial charge < -0.3 is 10.2 Å². The van der Waals surface area contributed by atoms with E-state index in [1.165, 1.54) is 0 Å². The third-order valence-corrected chi connectivity index (χ3v) is 3.59. The molecule has 0 saturated carbocycles. The average molecular weight is 262 g/mol. The average Bonchev–Trinajstić information content (AvgIpc) is 2.76. The van der Waals surface area contributed by atoms with Crippen LogP contribution in [0.2, 0.25) is 0 Å². The molecule has 1 aliphatic heterocycles. The summed E-state index contributed by atoms with van der Waals surface area (Å²) < 4.78 is 0. The highest BCUT2D eigenvalue weighted by Crippen LogP contribution is 2.29.